The van der Waals surface area contributed by atoms with Crippen LogP contribution in [0.3, 0.4) is 0 Å². The third-order valence-corrected chi connectivity index (χ3v) is 2.56. The van der Waals surface area contributed by atoms with Gasteiger partial charge in [0.1, 0.15) is 11.5 Å². The van der Waals surface area contributed by atoms with Crippen LogP contribution in [0, 0.1) is 21.7 Å². The smallest absolute Gasteiger partial charge is 0.327 e. The summed E-state index contributed by atoms with van der Waals surface area (Å²) in [5.41, 5.74) is -0.820. The Morgan fingerprint density at radius 3 is 2.41 bits per heavy atom. The van der Waals surface area contributed by atoms with Crippen molar-refractivity contribution in [3.63, 3.8) is 0 Å². The third-order valence-electron chi connectivity index (χ3n) is 2.56. The van der Waals surface area contributed by atoms with Crippen LogP contribution in [0.1, 0.15) is 26.7 Å². The molecule has 4 nitrogen and oxygen atoms in total. The lowest BCUT2D eigenvalue weighted by Gasteiger charge is -2.16. The fourth-order valence-electron chi connectivity index (χ4n) is 1.57. The van der Waals surface area contributed by atoms with Gasteiger partial charge in [-0.25, -0.2) is 4.39 Å². The maximum Gasteiger partial charge on any atom is 0.327 e. The summed E-state index contributed by atoms with van der Waals surface area (Å²) in [6.07, 6.45) is 1.43. The van der Waals surface area contributed by atoms with E-state index in [1.165, 1.54) is 0 Å². The Hall–Kier alpha value is -1.72. The van der Waals surface area contributed by atoms with E-state index in [2.05, 4.69) is 5.32 Å². The molecule has 0 unspecified atom stereocenters. The van der Waals surface area contributed by atoms with Crippen molar-refractivity contribution >= 4 is 11.4 Å². The van der Waals surface area contributed by atoms with Crippen molar-refractivity contribution in [1.82, 2.24) is 0 Å². The molecule has 1 aromatic carbocycles. The Morgan fingerprint density at radius 2 is 1.94 bits per heavy atom. The second kappa shape index (κ2) is 5.56. The van der Waals surface area contributed by atoms with Crippen molar-refractivity contribution in [1.29, 1.82) is 0 Å². The van der Waals surface area contributed by atoms with E-state index in [1.807, 2.05) is 13.8 Å². The minimum atomic E-state index is -1.16. The highest BCUT2D eigenvalue weighted by Gasteiger charge is 2.23. The summed E-state index contributed by atoms with van der Waals surface area (Å²) in [6, 6.07) is 1.41. The van der Waals surface area contributed by atoms with E-state index in [9.17, 15) is 18.9 Å². The lowest BCUT2D eigenvalue weighted by molar-refractivity contribution is -0.386. The minimum absolute atomic E-state index is 0.0464. The number of benzene rings is 1. The number of hydrogen-bond donors (Lipinski definition) is 1. The zero-order valence-electron chi connectivity index (χ0n) is 9.67. The molecule has 0 aliphatic heterocycles. The van der Waals surface area contributed by atoms with Gasteiger partial charge in [0.15, 0.2) is 0 Å². The molecule has 0 bridgehead atoms. The molecule has 0 atom stereocenters. The average Bonchev–Trinajstić information content (AvgIpc) is 2.24. The number of hydrogen-bond acceptors (Lipinski definition) is 3. The lowest BCUT2D eigenvalue weighted by atomic mass is 10.1. The fraction of sp³-hybridized carbons (Fsp3) is 0.455. The van der Waals surface area contributed by atoms with Crippen molar-refractivity contribution in [2.45, 2.75) is 32.7 Å². The maximum absolute atomic E-state index is 13.3. The van der Waals surface area contributed by atoms with Gasteiger partial charge in [0, 0.05) is 18.2 Å². The molecule has 1 rings (SSSR count). The predicted octanol–water partition coefficient (Wildman–Crippen LogP) is 3.47. The van der Waals surface area contributed by atoms with Crippen LogP contribution in [0.4, 0.5) is 20.2 Å². The molecular formula is C11H14F2N2O2. The van der Waals surface area contributed by atoms with E-state index >= 15 is 0 Å². The number of halogens is 2. The summed E-state index contributed by atoms with van der Waals surface area (Å²) >= 11 is 0. The van der Waals surface area contributed by atoms with Crippen LogP contribution in [0.5, 0.6) is 0 Å². The van der Waals surface area contributed by atoms with E-state index in [-0.39, 0.29) is 11.7 Å². The number of nitrogens with one attached hydrogen (secondary N) is 1. The van der Waals surface area contributed by atoms with Gasteiger partial charge in [0.05, 0.1) is 4.92 Å². The monoisotopic (exact) mass is 244 g/mol. The largest absolute Gasteiger partial charge is 0.377 e. The highest BCUT2D eigenvalue weighted by atomic mass is 19.1. The molecule has 1 N–H and O–H groups in total. The zero-order valence-corrected chi connectivity index (χ0v) is 9.67. The molecule has 0 heterocycles. The van der Waals surface area contributed by atoms with E-state index in [1.54, 1.807) is 0 Å². The number of nitrogens with zero attached hydrogens (tertiary/aromatic N) is 1. The quantitative estimate of drug-likeness (QED) is 0.637. The first-order chi connectivity index (χ1) is 7.99. The number of anilines is 1. The molecule has 94 valence electrons. The SMILES string of the molecule is CCC(CC)Nc1cc(F)cc(F)c1[N+](=O)[O-]. The van der Waals surface area contributed by atoms with Crippen LogP contribution < -0.4 is 5.32 Å². The predicted molar refractivity (Wildman–Crippen MR) is 61.0 cm³/mol. The van der Waals surface area contributed by atoms with Crippen molar-refractivity contribution in [3.05, 3.63) is 33.9 Å². The lowest BCUT2D eigenvalue weighted by Crippen LogP contribution is -2.18. The Bertz CT molecular complexity index is 420. The van der Waals surface area contributed by atoms with E-state index in [4.69, 9.17) is 0 Å². The molecule has 0 saturated carbocycles. The van der Waals surface area contributed by atoms with Crippen LogP contribution in [-0.2, 0) is 0 Å². The van der Waals surface area contributed by atoms with Crippen LogP contribution in [0.15, 0.2) is 12.1 Å². The molecule has 1 aromatic rings. The second-order valence-electron chi connectivity index (χ2n) is 3.70. The molecule has 17 heavy (non-hydrogen) atoms. The van der Waals surface area contributed by atoms with Crippen molar-refractivity contribution in [2.75, 3.05) is 5.32 Å². The summed E-state index contributed by atoms with van der Waals surface area (Å²) in [7, 11) is 0. The molecule has 0 spiro atoms. The molecule has 0 aromatic heterocycles. The Morgan fingerprint density at radius 1 is 1.35 bits per heavy atom. The van der Waals surface area contributed by atoms with E-state index < -0.39 is 22.2 Å². The van der Waals surface area contributed by atoms with Crippen molar-refractivity contribution in [3.8, 4) is 0 Å². The number of rotatable bonds is 5. The van der Waals surface area contributed by atoms with Gasteiger partial charge in [0.2, 0.25) is 5.82 Å². The van der Waals surface area contributed by atoms with Gasteiger partial charge in [-0.05, 0) is 12.8 Å². The summed E-state index contributed by atoms with van der Waals surface area (Å²) in [5.74, 6) is -2.00. The van der Waals surface area contributed by atoms with Gasteiger partial charge in [-0.15, -0.1) is 0 Å². The Labute approximate surface area is 97.8 Å². The van der Waals surface area contributed by atoms with Crippen molar-refractivity contribution < 1.29 is 13.7 Å². The minimum Gasteiger partial charge on any atom is -0.377 e. The van der Waals surface area contributed by atoms with Gasteiger partial charge in [-0.2, -0.15) is 4.39 Å². The Balaban J connectivity index is 3.16. The normalized spacial score (nSPS) is 10.6. The van der Waals surface area contributed by atoms with Gasteiger partial charge in [-0.1, -0.05) is 13.8 Å². The summed E-state index contributed by atoms with van der Waals surface area (Å²) in [6.45, 7) is 3.78. The number of nitro benzene ring substituents is 1. The first-order valence-corrected chi connectivity index (χ1v) is 5.39. The Kier molecular flexibility index (Phi) is 4.37. The molecule has 0 amide bonds. The van der Waals surface area contributed by atoms with Crippen LogP contribution in [0.25, 0.3) is 0 Å². The fourth-order valence-corrected chi connectivity index (χ4v) is 1.57. The summed E-state index contributed by atoms with van der Waals surface area (Å²) in [4.78, 5) is 9.87. The first kappa shape index (κ1) is 13.3. The van der Waals surface area contributed by atoms with Crippen LogP contribution in [0.2, 0.25) is 0 Å². The van der Waals surface area contributed by atoms with E-state index in [0.29, 0.717) is 18.9 Å². The van der Waals surface area contributed by atoms with Crippen LogP contribution in [-0.4, -0.2) is 11.0 Å². The molecule has 0 aliphatic carbocycles. The summed E-state index contributed by atoms with van der Waals surface area (Å²) in [5, 5.41) is 13.5. The van der Waals surface area contributed by atoms with Crippen LogP contribution >= 0.6 is 0 Å². The summed E-state index contributed by atoms with van der Waals surface area (Å²) < 4.78 is 26.3. The highest BCUT2D eigenvalue weighted by Crippen LogP contribution is 2.29. The van der Waals surface area contributed by atoms with Crippen molar-refractivity contribution in [2.24, 2.45) is 0 Å². The third kappa shape index (κ3) is 3.12. The maximum atomic E-state index is 13.3. The standard InChI is InChI=1S/C11H14F2N2O2/c1-3-8(4-2)14-10-6-7(12)5-9(13)11(10)15(16)17/h5-6,8,14H,3-4H2,1-2H3. The van der Waals surface area contributed by atoms with Gasteiger partial charge in [-0.3, -0.25) is 10.1 Å². The second-order valence-corrected chi connectivity index (χ2v) is 3.70. The average molecular weight is 244 g/mol. The van der Waals surface area contributed by atoms with Gasteiger partial charge < -0.3 is 5.32 Å². The molecule has 0 radical (unpaired) electrons. The first-order valence-electron chi connectivity index (χ1n) is 5.39. The van der Waals surface area contributed by atoms with E-state index in [0.717, 1.165) is 6.07 Å². The molecule has 0 aliphatic rings. The zero-order chi connectivity index (χ0) is 13.0. The van der Waals surface area contributed by atoms with Gasteiger partial charge in [0.25, 0.3) is 0 Å². The number of nitro groups is 1. The molecular weight excluding hydrogens is 230 g/mol. The molecule has 0 saturated heterocycles. The topological polar surface area (TPSA) is 55.2 Å². The molecule has 6 heteroatoms. The molecule has 0 fully saturated rings. The van der Waals surface area contributed by atoms with Gasteiger partial charge >= 0.3 is 5.69 Å². The highest BCUT2D eigenvalue weighted by molar-refractivity contribution is 5.62.